The average molecular weight is 224 g/mol. The highest BCUT2D eigenvalue weighted by atomic mass is 32.1. The minimum atomic E-state index is -0.298. The first-order chi connectivity index (χ1) is 7.08. The fourth-order valence-corrected chi connectivity index (χ4v) is 2.32. The second-order valence-corrected chi connectivity index (χ2v) is 4.89. The van der Waals surface area contributed by atoms with Crippen LogP contribution in [0.15, 0.2) is 12.1 Å². The van der Waals surface area contributed by atoms with E-state index in [0.717, 1.165) is 9.65 Å². The summed E-state index contributed by atoms with van der Waals surface area (Å²) in [6.45, 7) is 5.55. The Morgan fingerprint density at radius 3 is 2.40 bits per heavy atom. The molecule has 15 heavy (non-hydrogen) atoms. The normalized spacial score (nSPS) is 25.9. The highest BCUT2D eigenvalue weighted by Crippen LogP contribution is 2.18. The van der Waals surface area contributed by atoms with Crippen LogP contribution in [-0.4, -0.2) is 25.1 Å². The Balaban J connectivity index is 2.14. The van der Waals surface area contributed by atoms with E-state index in [1.165, 1.54) is 11.3 Å². The lowest BCUT2D eigenvalue weighted by atomic mass is 9.88. The Morgan fingerprint density at radius 1 is 1.33 bits per heavy atom. The van der Waals surface area contributed by atoms with Crippen LogP contribution in [0.1, 0.15) is 30.4 Å². The summed E-state index contributed by atoms with van der Waals surface area (Å²) in [5.74, 6) is 0.0883. The molecule has 0 radical (unpaired) electrons. The second-order valence-electron chi connectivity index (χ2n) is 3.77. The van der Waals surface area contributed by atoms with Gasteiger partial charge in [0.25, 0.3) is 0 Å². The zero-order valence-electron chi connectivity index (χ0n) is 9.02. The molecule has 80 valence electrons. The summed E-state index contributed by atoms with van der Waals surface area (Å²) in [6, 6.07) is 3.72. The highest BCUT2D eigenvalue weighted by molar-refractivity contribution is 7.23. The molecule has 5 heteroatoms. The largest absolute Gasteiger partial charge is 0.505 e. The molecular formula is C10H13BO3S. The van der Waals surface area contributed by atoms with E-state index in [2.05, 4.69) is 0 Å². The summed E-state index contributed by atoms with van der Waals surface area (Å²) in [5.41, 5.74) is 0. The van der Waals surface area contributed by atoms with Crippen molar-refractivity contribution in [3.8, 4) is 0 Å². The fraction of sp³-hybridized carbons (Fsp3) is 0.500. The molecule has 0 bridgehead atoms. The molecule has 2 heterocycles. The zero-order chi connectivity index (χ0) is 11.0. The summed E-state index contributed by atoms with van der Waals surface area (Å²) in [4.78, 5) is 11.9. The van der Waals surface area contributed by atoms with E-state index in [4.69, 9.17) is 9.31 Å². The predicted octanol–water partition coefficient (Wildman–Crippen LogP) is 1.47. The quantitative estimate of drug-likeness (QED) is 0.563. The van der Waals surface area contributed by atoms with E-state index in [1.54, 1.807) is 6.92 Å². The monoisotopic (exact) mass is 224 g/mol. The first-order valence-electron chi connectivity index (χ1n) is 4.99. The summed E-state index contributed by atoms with van der Waals surface area (Å²) in [6.07, 6.45) is 0.218. The molecule has 3 nitrogen and oxygen atoms in total. The number of thiophene rings is 1. The van der Waals surface area contributed by atoms with Crippen molar-refractivity contribution in [3.05, 3.63) is 17.0 Å². The van der Waals surface area contributed by atoms with Crippen LogP contribution in [0.4, 0.5) is 0 Å². The molecule has 1 saturated heterocycles. The predicted molar refractivity (Wildman–Crippen MR) is 60.8 cm³/mol. The van der Waals surface area contributed by atoms with E-state index in [1.807, 2.05) is 26.0 Å². The third-order valence-corrected chi connectivity index (χ3v) is 3.75. The number of carbonyl (C=O) groups excluding carboxylic acids is 1. The Kier molecular flexibility index (Phi) is 2.95. The molecule has 0 amide bonds. The zero-order valence-corrected chi connectivity index (χ0v) is 9.84. The molecule has 2 atom stereocenters. The number of hydrogen-bond acceptors (Lipinski definition) is 4. The van der Waals surface area contributed by atoms with Crippen molar-refractivity contribution in [1.82, 2.24) is 0 Å². The van der Waals surface area contributed by atoms with Crippen LogP contribution in [0.2, 0.25) is 0 Å². The molecular weight excluding hydrogens is 211 g/mol. The summed E-state index contributed by atoms with van der Waals surface area (Å²) in [7, 11) is -0.298. The number of hydrogen-bond donors (Lipinski definition) is 0. The molecule has 1 aliphatic rings. The van der Waals surface area contributed by atoms with Gasteiger partial charge in [-0.25, -0.2) is 0 Å². The van der Waals surface area contributed by atoms with Crippen molar-refractivity contribution in [2.75, 3.05) is 0 Å². The summed E-state index contributed by atoms with van der Waals surface area (Å²) >= 11 is 1.44. The number of Topliss-reactive ketones (excluding diaryl/α,β-unsaturated/α-hetero) is 1. The van der Waals surface area contributed by atoms with E-state index < -0.39 is 0 Å². The third kappa shape index (κ3) is 2.14. The molecule has 1 aliphatic heterocycles. The SMILES string of the molecule is CC(=O)c1ccc(B2O[C@H](C)[C@@H](C)O2)s1. The molecule has 0 aromatic carbocycles. The van der Waals surface area contributed by atoms with Crippen LogP contribution >= 0.6 is 11.3 Å². The van der Waals surface area contributed by atoms with Gasteiger partial charge in [-0.2, -0.15) is 0 Å². The Labute approximate surface area is 93.5 Å². The maximum absolute atomic E-state index is 11.1. The molecule has 0 N–H and O–H groups in total. The van der Waals surface area contributed by atoms with Crippen LogP contribution < -0.4 is 4.78 Å². The van der Waals surface area contributed by atoms with Crippen molar-refractivity contribution in [2.45, 2.75) is 33.0 Å². The number of rotatable bonds is 2. The van der Waals surface area contributed by atoms with Crippen molar-refractivity contribution in [1.29, 1.82) is 0 Å². The van der Waals surface area contributed by atoms with Crippen molar-refractivity contribution >= 4 is 29.0 Å². The van der Waals surface area contributed by atoms with Crippen LogP contribution in [0.5, 0.6) is 0 Å². The molecule has 0 aliphatic carbocycles. The number of carbonyl (C=O) groups is 1. The minimum absolute atomic E-state index is 0.0883. The third-order valence-electron chi connectivity index (χ3n) is 2.54. The molecule has 1 aromatic rings. The van der Waals surface area contributed by atoms with Crippen LogP contribution in [-0.2, 0) is 9.31 Å². The summed E-state index contributed by atoms with van der Waals surface area (Å²) < 4.78 is 12.2. The minimum Gasteiger partial charge on any atom is -0.402 e. The Bertz CT molecular complexity index is 366. The first kappa shape index (κ1) is 10.9. The molecule has 0 unspecified atom stereocenters. The van der Waals surface area contributed by atoms with Crippen molar-refractivity contribution < 1.29 is 14.1 Å². The van der Waals surface area contributed by atoms with Crippen LogP contribution in [0.25, 0.3) is 0 Å². The van der Waals surface area contributed by atoms with Gasteiger partial charge in [-0.1, -0.05) is 6.07 Å². The highest BCUT2D eigenvalue weighted by Gasteiger charge is 2.37. The molecule has 1 aromatic heterocycles. The molecule has 0 saturated carbocycles. The smallest absolute Gasteiger partial charge is 0.402 e. The first-order valence-corrected chi connectivity index (χ1v) is 5.81. The van der Waals surface area contributed by atoms with Crippen molar-refractivity contribution in [2.24, 2.45) is 0 Å². The molecule has 1 fully saturated rings. The standard InChI is InChI=1S/C10H13BO3S/c1-6(12)9-4-5-10(15-9)11-13-7(2)8(3)14-11/h4-5,7-8H,1-3H3/t7-,8-/m1/s1. The Morgan fingerprint density at radius 2 is 1.93 bits per heavy atom. The van der Waals surface area contributed by atoms with Gasteiger partial charge in [-0.15, -0.1) is 11.3 Å². The van der Waals surface area contributed by atoms with Gasteiger partial charge in [0.15, 0.2) is 5.78 Å². The van der Waals surface area contributed by atoms with Gasteiger partial charge in [0.2, 0.25) is 0 Å². The van der Waals surface area contributed by atoms with Gasteiger partial charge in [-0.3, -0.25) is 4.79 Å². The van der Waals surface area contributed by atoms with E-state index in [-0.39, 0.29) is 25.1 Å². The van der Waals surface area contributed by atoms with Gasteiger partial charge in [0.1, 0.15) is 0 Å². The maximum Gasteiger partial charge on any atom is 0.505 e. The lowest BCUT2D eigenvalue weighted by molar-refractivity contribution is 0.102. The lowest BCUT2D eigenvalue weighted by Crippen LogP contribution is -2.29. The molecule has 0 spiro atoms. The van der Waals surface area contributed by atoms with Crippen LogP contribution in [0, 0.1) is 0 Å². The van der Waals surface area contributed by atoms with E-state index >= 15 is 0 Å². The second kappa shape index (κ2) is 4.08. The number of ketones is 1. The lowest BCUT2D eigenvalue weighted by Gasteiger charge is -2.04. The van der Waals surface area contributed by atoms with Gasteiger partial charge < -0.3 is 9.31 Å². The van der Waals surface area contributed by atoms with Crippen LogP contribution in [0.3, 0.4) is 0 Å². The van der Waals surface area contributed by atoms with Gasteiger partial charge in [-0.05, 0) is 26.8 Å². The molecule has 2 rings (SSSR count). The van der Waals surface area contributed by atoms with Gasteiger partial charge in [0.05, 0.1) is 17.1 Å². The average Bonchev–Trinajstić information content (AvgIpc) is 2.74. The van der Waals surface area contributed by atoms with Crippen molar-refractivity contribution in [3.63, 3.8) is 0 Å². The topological polar surface area (TPSA) is 35.5 Å². The fourth-order valence-electron chi connectivity index (χ4n) is 1.45. The maximum atomic E-state index is 11.1. The van der Waals surface area contributed by atoms with Gasteiger partial charge in [0, 0.05) is 4.78 Å². The van der Waals surface area contributed by atoms with E-state index in [9.17, 15) is 4.79 Å². The van der Waals surface area contributed by atoms with Gasteiger partial charge >= 0.3 is 7.12 Å². The van der Waals surface area contributed by atoms with E-state index in [0.29, 0.717) is 0 Å². The summed E-state index contributed by atoms with van der Waals surface area (Å²) in [5, 5.41) is 0. The Hall–Kier alpha value is -0.645.